The number of rotatable bonds is 1. The monoisotopic (exact) mass is 309 g/mol. The van der Waals surface area contributed by atoms with E-state index in [0.717, 1.165) is 11.1 Å². The van der Waals surface area contributed by atoms with Crippen LogP contribution in [0.3, 0.4) is 0 Å². The summed E-state index contributed by atoms with van der Waals surface area (Å²) < 4.78 is 28.2. The van der Waals surface area contributed by atoms with Crippen molar-refractivity contribution in [2.24, 2.45) is 0 Å². The molecule has 3 rings (SSSR count). The third-order valence-electron chi connectivity index (χ3n) is 3.23. The Hall–Kier alpha value is -1.26. The van der Waals surface area contributed by atoms with Crippen molar-refractivity contribution in [1.29, 1.82) is 0 Å². The van der Waals surface area contributed by atoms with Crippen LogP contribution in [-0.2, 0) is 6.54 Å². The first-order valence-corrected chi connectivity index (χ1v) is 6.42. The molecule has 92 valence electrons. The zero-order valence-corrected chi connectivity index (χ0v) is 11.0. The summed E-state index contributed by atoms with van der Waals surface area (Å²) in [7, 11) is 0. The topological polar surface area (TPSA) is 12.0 Å². The Morgan fingerprint density at radius 3 is 2.72 bits per heavy atom. The number of hydrogen-bond donors (Lipinski definition) is 1. The van der Waals surface area contributed by atoms with Gasteiger partial charge in [-0.1, -0.05) is 24.3 Å². The maximum atomic E-state index is 14.1. The Morgan fingerprint density at radius 1 is 1.11 bits per heavy atom. The third-order valence-corrected chi connectivity index (χ3v) is 3.84. The highest BCUT2D eigenvalue weighted by atomic mass is 79.9. The van der Waals surface area contributed by atoms with Crippen LogP contribution >= 0.6 is 15.9 Å². The second-order valence-electron chi connectivity index (χ2n) is 4.27. The van der Waals surface area contributed by atoms with Gasteiger partial charge in [-0.15, -0.1) is 0 Å². The van der Waals surface area contributed by atoms with Gasteiger partial charge in [0.1, 0.15) is 11.6 Å². The highest BCUT2D eigenvalue weighted by molar-refractivity contribution is 9.10. The van der Waals surface area contributed by atoms with Crippen molar-refractivity contribution in [1.82, 2.24) is 5.32 Å². The predicted molar refractivity (Wildman–Crippen MR) is 69.2 cm³/mol. The minimum atomic E-state index is -0.538. The second-order valence-corrected chi connectivity index (χ2v) is 5.12. The van der Waals surface area contributed by atoms with Crippen molar-refractivity contribution in [3.63, 3.8) is 0 Å². The van der Waals surface area contributed by atoms with Crippen LogP contribution in [0.2, 0.25) is 0 Å². The predicted octanol–water partition coefficient (Wildman–Crippen LogP) is 3.92. The summed E-state index contributed by atoms with van der Waals surface area (Å²) in [6.07, 6.45) is 0. The zero-order chi connectivity index (χ0) is 12.7. The molecule has 0 amide bonds. The van der Waals surface area contributed by atoms with Gasteiger partial charge in [-0.25, -0.2) is 8.78 Å². The van der Waals surface area contributed by atoms with E-state index in [2.05, 4.69) is 21.2 Å². The molecule has 4 heteroatoms. The molecular weight excluding hydrogens is 300 g/mol. The molecule has 0 fully saturated rings. The smallest absolute Gasteiger partial charge is 0.145 e. The first kappa shape index (κ1) is 11.8. The zero-order valence-electron chi connectivity index (χ0n) is 9.38. The largest absolute Gasteiger partial charge is 0.302 e. The average Bonchev–Trinajstić information content (AvgIpc) is 2.79. The number of halogens is 3. The molecule has 1 N–H and O–H groups in total. The van der Waals surface area contributed by atoms with E-state index in [9.17, 15) is 8.78 Å². The average molecular weight is 310 g/mol. The summed E-state index contributed by atoms with van der Waals surface area (Å²) in [6.45, 7) is 0.631. The van der Waals surface area contributed by atoms with Crippen molar-refractivity contribution in [3.05, 3.63) is 69.2 Å². The summed E-state index contributed by atoms with van der Waals surface area (Å²) in [4.78, 5) is 0. The molecule has 1 nitrogen and oxygen atoms in total. The number of fused-ring (bicyclic) bond motifs is 1. The molecule has 2 aromatic carbocycles. The van der Waals surface area contributed by atoms with Gasteiger partial charge in [0.15, 0.2) is 0 Å². The van der Waals surface area contributed by atoms with Crippen molar-refractivity contribution in [2.75, 3.05) is 0 Å². The lowest BCUT2D eigenvalue weighted by Gasteiger charge is -2.15. The fourth-order valence-corrected chi connectivity index (χ4v) is 2.71. The molecule has 1 atom stereocenters. The normalized spacial score (nSPS) is 17.8. The fourth-order valence-electron chi connectivity index (χ4n) is 2.36. The first-order chi connectivity index (χ1) is 8.68. The molecule has 0 saturated heterocycles. The molecule has 1 unspecified atom stereocenters. The van der Waals surface area contributed by atoms with Gasteiger partial charge in [-0.3, -0.25) is 0 Å². The van der Waals surface area contributed by atoms with Crippen LogP contribution in [0.4, 0.5) is 8.78 Å². The molecular formula is C14H10BrF2N. The SMILES string of the molecule is Fc1ccc(Br)c(F)c1C1NCc2ccccc21. The van der Waals surface area contributed by atoms with Gasteiger partial charge in [-0.2, -0.15) is 0 Å². The molecule has 1 aliphatic rings. The third kappa shape index (κ3) is 1.76. The van der Waals surface area contributed by atoms with E-state index in [1.165, 1.54) is 12.1 Å². The van der Waals surface area contributed by atoms with E-state index < -0.39 is 17.7 Å². The molecule has 0 aliphatic carbocycles. The van der Waals surface area contributed by atoms with Gasteiger partial charge in [0, 0.05) is 12.1 Å². The first-order valence-electron chi connectivity index (χ1n) is 5.63. The van der Waals surface area contributed by atoms with Crippen molar-refractivity contribution >= 4 is 15.9 Å². The minimum absolute atomic E-state index is 0.0781. The van der Waals surface area contributed by atoms with Crippen LogP contribution in [0.15, 0.2) is 40.9 Å². The molecule has 0 spiro atoms. The van der Waals surface area contributed by atoms with Crippen LogP contribution in [0.5, 0.6) is 0 Å². The summed E-state index contributed by atoms with van der Waals surface area (Å²) >= 11 is 3.10. The van der Waals surface area contributed by atoms with Gasteiger partial charge in [0.25, 0.3) is 0 Å². The lowest BCUT2D eigenvalue weighted by molar-refractivity contribution is 0.517. The Balaban J connectivity index is 2.16. The lowest BCUT2D eigenvalue weighted by atomic mass is 9.98. The van der Waals surface area contributed by atoms with Gasteiger partial charge in [0.05, 0.1) is 10.5 Å². The van der Waals surface area contributed by atoms with E-state index in [1.807, 2.05) is 24.3 Å². The molecule has 0 radical (unpaired) electrons. The fraction of sp³-hybridized carbons (Fsp3) is 0.143. The van der Waals surface area contributed by atoms with E-state index in [0.29, 0.717) is 6.54 Å². The van der Waals surface area contributed by atoms with Gasteiger partial charge < -0.3 is 5.32 Å². The van der Waals surface area contributed by atoms with Gasteiger partial charge in [-0.05, 0) is 39.2 Å². The molecule has 0 aromatic heterocycles. The summed E-state index contributed by atoms with van der Waals surface area (Å²) in [5, 5.41) is 3.15. The highest BCUT2D eigenvalue weighted by Gasteiger charge is 2.28. The summed E-state index contributed by atoms with van der Waals surface area (Å²) in [6, 6.07) is 9.93. The van der Waals surface area contributed by atoms with Crippen LogP contribution in [0.25, 0.3) is 0 Å². The lowest BCUT2D eigenvalue weighted by Crippen LogP contribution is -2.16. The van der Waals surface area contributed by atoms with Gasteiger partial charge >= 0.3 is 0 Å². The number of hydrogen-bond acceptors (Lipinski definition) is 1. The molecule has 0 saturated carbocycles. The Labute approximate surface area is 112 Å². The van der Waals surface area contributed by atoms with E-state index in [4.69, 9.17) is 0 Å². The van der Waals surface area contributed by atoms with E-state index in [-0.39, 0.29) is 10.0 Å². The van der Waals surface area contributed by atoms with Crippen LogP contribution in [0, 0.1) is 11.6 Å². The van der Waals surface area contributed by atoms with Crippen LogP contribution in [-0.4, -0.2) is 0 Å². The minimum Gasteiger partial charge on any atom is -0.302 e. The second kappa shape index (κ2) is 4.44. The van der Waals surface area contributed by atoms with Crippen molar-refractivity contribution in [2.45, 2.75) is 12.6 Å². The molecule has 0 bridgehead atoms. The summed E-state index contributed by atoms with van der Waals surface area (Å²) in [5.74, 6) is -1.06. The maximum absolute atomic E-state index is 14.1. The van der Waals surface area contributed by atoms with Crippen LogP contribution < -0.4 is 5.32 Å². The van der Waals surface area contributed by atoms with E-state index in [1.54, 1.807) is 0 Å². The van der Waals surface area contributed by atoms with Gasteiger partial charge in [0.2, 0.25) is 0 Å². The maximum Gasteiger partial charge on any atom is 0.145 e. The summed E-state index contributed by atoms with van der Waals surface area (Å²) in [5.41, 5.74) is 2.10. The van der Waals surface area contributed by atoms with Crippen molar-refractivity contribution < 1.29 is 8.78 Å². The number of benzene rings is 2. The highest BCUT2D eigenvalue weighted by Crippen LogP contribution is 2.35. The van der Waals surface area contributed by atoms with E-state index >= 15 is 0 Å². The molecule has 18 heavy (non-hydrogen) atoms. The van der Waals surface area contributed by atoms with Crippen LogP contribution in [0.1, 0.15) is 22.7 Å². The molecule has 1 heterocycles. The standard InChI is InChI=1S/C14H10BrF2N/c15-10-5-6-11(16)12(13(10)17)14-9-4-2-1-3-8(9)7-18-14/h1-6,14,18H,7H2. The van der Waals surface area contributed by atoms with Crippen molar-refractivity contribution in [3.8, 4) is 0 Å². The Kier molecular flexibility index (Phi) is 2.92. The number of nitrogens with one attached hydrogen (secondary N) is 1. The quantitative estimate of drug-likeness (QED) is 0.787. The molecule has 1 aliphatic heterocycles. The Morgan fingerprint density at radius 2 is 1.89 bits per heavy atom. The Bertz CT molecular complexity index is 613. The molecule has 2 aromatic rings.